The van der Waals surface area contributed by atoms with E-state index in [0.717, 1.165) is 19.3 Å². The summed E-state index contributed by atoms with van der Waals surface area (Å²) in [5.41, 5.74) is -1.24. The van der Waals surface area contributed by atoms with Gasteiger partial charge in [-0.2, -0.15) is 0 Å². The zero-order valence-corrected chi connectivity index (χ0v) is 18.1. The van der Waals surface area contributed by atoms with Gasteiger partial charge in [0.25, 0.3) is 0 Å². The van der Waals surface area contributed by atoms with Crippen molar-refractivity contribution in [2.75, 3.05) is 0 Å². The maximum Gasteiger partial charge on any atom is 0.330 e. The number of hydrogen-bond donors (Lipinski definition) is 0. The van der Waals surface area contributed by atoms with Gasteiger partial charge in [-0.05, 0) is 36.0 Å². The molecule has 2 unspecified atom stereocenters. The molecule has 0 aromatic rings. The standard InChI is InChI=1S/C23H40O2/c1-12-17-15-14-16-22(19(3,4)5,25-18(24)13-2)23(17,20(6,7)8)21(9,10)11/h12-13,17H,1-2,14-16H2,3-11H3. The normalized spacial score (nSPS) is 27.5. The lowest BCUT2D eigenvalue weighted by atomic mass is 9.36. The molecule has 0 bridgehead atoms. The maximum atomic E-state index is 12.5. The van der Waals surface area contributed by atoms with Gasteiger partial charge in [-0.1, -0.05) is 75.0 Å². The quantitative estimate of drug-likeness (QED) is 0.328. The number of rotatable bonds is 3. The molecule has 25 heavy (non-hydrogen) atoms. The molecule has 0 aliphatic heterocycles. The van der Waals surface area contributed by atoms with Gasteiger partial charge in [0.05, 0.1) is 0 Å². The minimum absolute atomic E-state index is 0.0841. The Kier molecular flexibility index (Phi) is 5.80. The summed E-state index contributed by atoms with van der Waals surface area (Å²) in [6.45, 7) is 28.2. The van der Waals surface area contributed by atoms with Gasteiger partial charge in [0.15, 0.2) is 0 Å². The molecule has 0 amide bonds. The van der Waals surface area contributed by atoms with Crippen LogP contribution in [0.25, 0.3) is 0 Å². The zero-order valence-electron chi connectivity index (χ0n) is 18.1. The highest BCUT2D eigenvalue weighted by Crippen LogP contribution is 2.71. The zero-order chi connectivity index (χ0) is 19.9. The van der Waals surface area contributed by atoms with Gasteiger partial charge in [0, 0.05) is 16.9 Å². The van der Waals surface area contributed by atoms with E-state index < -0.39 is 5.60 Å². The Labute approximate surface area is 156 Å². The first kappa shape index (κ1) is 22.0. The summed E-state index contributed by atoms with van der Waals surface area (Å²) < 4.78 is 6.39. The number of ether oxygens (including phenoxy) is 1. The lowest BCUT2D eigenvalue weighted by Gasteiger charge is -2.71. The van der Waals surface area contributed by atoms with Crippen molar-refractivity contribution < 1.29 is 9.53 Å². The largest absolute Gasteiger partial charge is 0.455 e. The molecule has 0 saturated heterocycles. The molecule has 0 N–H and O–H groups in total. The molecule has 2 nitrogen and oxygen atoms in total. The summed E-state index contributed by atoms with van der Waals surface area (Å²) in [6, 6.07) is 0. The van der Waals surface area contributed by atoms with Crippen LogP contribution in [0.1, 0.15) is 81.6 Å². The van der Waals surface area contributed by atoms with E-state index in [1.807, 2.05) is 0 Å². The number of carbonyl (C=O) groups excluding carboxylic acids is 1. The summed E-state index contributed by atoms with van der Waals surface area (Å²) in [6.07, 6.45) is 6.40. The molecule has 1 rings (SSSR count). The van der Waals surface area contributed by atoms with E-state index in [-0.39, 0.29) is 33.5 Å². The molecule has 1 saturated carbocycles. The second-order valence-electron chi connectivity index (χ2n) is 10.7. The molecule has 1 aliphatic rings. The van der Waals surface area contributed by atoms with E-state index in [2.05, 4.69) is 81.5 Å². The van der Waals surface area contributed by atoms with Crippen molar-refractivity contribution in [3.63, 3.8) is 0 Å². The SMILES string of the molecule is C=CC(=O)OC1(C(C)(C)C)CCCC(C=C)C1(C(C)(C)C)C(C)(C)C. The van der Waals surface area contributed by atoms with Crippen molar-refractivity contribution in [1.29, 1.82) is 0 Å². The van der Waals surface area contributed by atoms with E-state index in [4.69, 9.17) is 4.74 Å². The van der Waals surface area contributed by atoms with E-state index in [1.54, 1.807) is 0 Å². The summed E-state index contributed by atoms with van der Waals surface area (Å²) in [4.78, 5) is 12.5. The lowest BCUT2D eigenvalue weighted by molar-refractivity contribution is -0.285. The third-order valence-corrected chi connectivity index (χ3v) is 6.54. The Morgan fingerprint density at radius 3 is 1.76 bits per heavy atom. The Balaban J connectivity index is 4.00. The average Bonchev–Trinajstić information content (AvgIpc) is 2.42. The van der Waals surface area contributed by atoms with E-state index in [1.165, 1.54) is 6.08 Å². The molecule has 0 aromatic carbocycles. The van der Waals surface area contributed by atoms with Crippen LogP contribution in [0.2, 0.25) is 0 Å². The second-order valence-corrected chi connectivity index (χ2v) is 10.7. The van der Waals surface area contributed by atoms with Crippen LogP contribution < -0.4 is 0 Å². The minimum Gasteiger partial charge on any atom is -0.455 e. The fourth-order valence-electron chi connectivity index (χ4n) is 6.49. The first-order valence-electron chi connectivity index (χ1n) is 9.60. The molecule has 144 valence electrons. The van der Waals surface area contributed by atoms with Crippen LogP contribution in [0.15, 0.2) is 25.3 Å². The van der Waals surface area contributed by atoms with Crippen LogP contribution in [-0.4, -0.2) is 11.6 Å². The first-order chi connectivity index (χ1) is 11.1. The third kappa shape index (κ3) is 3.11. The topological polar surface area (TPSA) is 26.3 Å². The molecular weight excluding hydrogens is 308 g/mol. The maximum absolute atomic E-state index is 12.5. The highest BCUT2D eigenvalue weighted by atomic mass is 16.6. The molecule has 1 aliphatic carbocycles. The molecule has 2 atom stereocenters. The highest BCUT2D eigenvalue weighted by Gasteiger charge is 2.72. The van der Waals surface area contributed by atoms with Crippen molar-refractivity contribution in [3.05, 3.63) is 25.3 Å². The Morgan fingerprint density at radius 2 is 1.44 bits per heavy atom. The lowest BCUT2D eigenvalue weighted by Crippen LogP contribution is -2.72. The highest BCUT2D eigenvalue weighted by molar-refractivity contribution is 5.81. The second kappa shape index (κ2) is 6.59. The predicted molar refractivity (Wildman–Crippen MR) is 107 cm³/mol. The molecule has 0 spiro atoms. The van der Waals surface area contributed by atoms with Crippen LogP contribution >= 0.6 is 0 Å². The summed E-state index contributed by atoms with van der Waals surface area (Å²) >= 11 is 0. The molecule has 0 radical (unpaired) electrons. The van der Waals surface area contributed by atoms with Crippen molar-refractivity contribution >= 4 is 5.97 Å². The fourth-order valence-corrected chi connectivity index (χ4v) is 6.49. The predicted octanol–water partition coefficient (Wildman–Crippen LogP) is 6.57. The van der Waals surface area contributed by atoms with Crippen LogP contribution in [0, 0.1) is 27.6 Å². The van der Waals surface area contributed by atoms with Gasteiger partial charge in [-0.3, -0.25) is 0 Å². The number of hydrogen-bond acceptors (Lipinski definition) is 2. The van der Waals surface area contributed by atoms with E-state index >= 15 is 0 Å². The van der Waals surface area contributed by atoms with Crippen molar-refractivity contribution in [1.82, 2.24) is 0 Å². The summed E-state index contributed by atoms with van der Waals surface area (Å²) in [5, 5.41) is 0. The van der Waals surface area contributed by atoms with Crippen molar-refractivity contribution in [3.8, 4) is 0 Å². The molecule has 2 heteroatoms. The van der Waals surface area contributed by atoms with Crippen LogP contribution in [0.4, 0.5) is 0 Å². The number of esters is 1. The van der Waals surface area contributed by atoms with Crippen molar-refractivity contribution in [2.45, 2.75) is 87.2 Å². The molecule has 1 fully saturated rings. The van der Waals surface area contributed by atoms with Crippen molar-refractivity contribution in [2.24, 2.45) is 27.6 Å². The third-order valence-electron chi connectivity index (χ3n) is 6.54. The summed E-state index contributed by atoms with van der Waals surface area (Å²) in [5.74, 6) is -0.0457. The van der Waals surface area contributed by atoms with Gasteiger partial charge < -0.3 is 4.74 Å². The van der Waals surface area contributed by atoms with E-state index in [0.29, 0.717) is 0 Å². The average molecular weight is 349 g/mol. The first-order valence-corrected chi connectivity index (χ1v) is 9.60. The van der Waals surface area contributed by atoms with Crippen LogP contribution in [0.5, 0.6) is 0 Å². The number of allylic oxidation sites excluding steroid dienone is 1. The van der Waals surface area contributed by atoms with Gasteiger partial charge in [-0.25, -0.2) is 4.79 Å². The van der Waals surface area contributed by atoms with Gasteiger partial charge in [-0.15, -0.1) is 6.58 Å². The summed E-state index contributed by atoms with van der Waals surface area (Å²) in [7, 11) is 0. The molecule has 0 aromatic heterocycles. The molecular formula is C23H40O2. The Morgan fingerprint density at radius 1 is 0.960 bits per heavy atom. The Hall–Kier alpha value is -1.05. The Bertz CT molecular complexity index is 508. The van der Waals surface area contributed by atoms with E-state index in [9.17, 15) is 4.79 Å². The van der Waals surface area contributed by atoms with Gasteiger partial charge >= 0.3 is 5.97 Å². The monoisotopic (exact) mass is 348 g/mol. The van der Waals surface area contributed by atoms with Gasteiger partial charge in [0.2, 0.25) is 0 Å². The minimum atomic E-state index is -0.598. The van der Waals surface area contributed by atoms with Gasteiger partial charge in [0.1, 0.15) is 5.60 Å². The fraction of sp³-hybridized carbons (Fsp3) is 0.783. The van der Waals surface area contributed by atoms with Crippen LogP contribution in [-0.2, 0) is 9.53 Å². The smallest absolute Gasteiger partial charge is 0.330 e. The van der Waals surface area contributed by atoms with Crippen LogP contribution in [0.3, 0.4) is 0 Å². The number of carbonyl (C=O) groups is 1. The molecule has 0 heterocycles.